The lowest BCUT2D eigenvalue weighted by Crippen LogP contribution is -2.17. The van der Waals surface area contributed by atoms with E-state index >= 15 is 0 Å². The number of hydrogen-bond donors (Lipinski definition) is 2. The molecule has 1 aromatic heterocycles. The second kappa shape index (κ2) is 5.66. The van der Waals surface area contributed by atoms with Crippen LogP contribution in [0.5, 0.6) is 0 Å². The van der Waals surface area contributed by atoms with Gasteiger partial charge in [-0.15, -0.1) is 0 Å². The van der Waals surface area contributed by atoms with Crippen LogP contribution < -0.4 is 5.32 Å². The summed E-state index contributed by atoms with van der Waals surface area (Å²) in [5, 5.41) is 3.74. The van der Waals surface area contributed by atoms with Gasteiger partial charge < -0.3 is 10.3 Å². The molecule has 0 unspecified atom stereocenters. The number of aryl methyl sites for hydroxylation is 1. The summed E-state index contributed by atoms with van der Waals surface area (Å²) < 4.78 is 0. The number of aromatic nitrogens is 1. The first kappa shape index (κ1) is 13.8. The molecule has 0 saturated heterocycles. The fourth-order valence-corrected chi connectivity index (χ4v) is 3.19. The molecule has 3 rings (SSSR count). The zero-order valence-corrected chi connectivity index (χ0v) is 12.8. The highest BCUT2D eigenvalue weighted by molar-refractivity contribution is 7.99. The van der Waals surface area contributed by atoms with E-state index in [0.717, 1.165) is 15.8 Å². The number of carbonyl (C=O) groups excluding carboxylic acids is 1. The zero-order chi connectivity index (χ0) is 14.8. The van der Waals surface area contributed by atoms with Gasteiger partial charge in [0, 0.05) is 28.4 Å². The summed E-state index contributed by atoms with van der Waals surface area (Å²) in [5.41, 5.74) is 2.80. The Balaban J connectivity index is 2.01. The van der Waals surface area contributed by atoms with Gasteiger partial charge in [0.25, 0.3) is 5.91 Å². The van der Waals surface area contributed by atoms with Gasteiger partial charge >= 0.3 is 0 Å². The Morgan fingerprint density at radius 1 is 1.14 bits per heavy atom. The fraction of sp³-hybridized carbons (Fsp3) is 0.118. The van der Waals surface area contributed by atoms with Crippen LogP contribution >= 0.6 is 11.8 Å². The van der Waals surface area contributed by atoms with Crippen molar-refractivity contribution in [2.45, 2.75) is 16.7 Å². The van der Waals surface area contributed by atoms with Crippen molar-refractivity contribution in [3.63, 3.8) is 0 Å². The van der Waals surface area contributed by atoms with Gasteiger partial charge in [0.2, 0.25) is 0 Å². The summed E-state index contributed by atoms with van der Waals surface area (Å²) in [6.07, 6.45) is 1.96. The average Bonchev–Trinajstić information content (AvgIpc) is 2.92. The summed E-state index contributed by atoms with van der Waals surface area (Å²) in [6.45, 7) is 2.08. The molecule has 0 spiro atoms. The Morgan fingerprint density at radius 3 is 2.62 bits per heavy atom. The summed E-state index contributed by atoms with van der Waals surface area (Å²) in [5.74, 6) is -0.0747. The Kier molecular flexibility index (Phi) is 3.71. The quantitative estimate of drug-likeness (QED) is 0.767. The number of carbonyl (C=O) groups is 1. The van der Waals surface area contributed by atoms with E-state index in [1.165, 1.54) is 10.5 Å². The molecule has 21 heavy (non-hydrogen) atoms. The molecule has 0 aliphatic rings. The number of rotatable bonds is 3. The van der Waals surface area contributed by atoms with E-state index in [0.29, 0.717) is 5.56 Å². The van der Waals surface area contributed by atoms with Gasteiger partial charge in [-0.25, -0.2) is 0 Å². The number of benzene rings is 2. The van der Waals surface area contributed by atoms with Crippen LogP contribution in [0, 0.1) is 6.92 Å². The van der Waals surface area contributed by atoms with Gasteiger partial charge in [-0.1, -0.05) is 41.6 Å². The maximum Gasteiger partial charge on any atom is 0.253 e. The lowest BCUT2D eigenvalue weighted by molar-refractivity contribution is 0.0964. The maximum absolute atomic E-state index is 11.9. The number of amides is 1. The molecule has 3 nitrogen and oxygen atoms in total. The molecule has 106 valence electrons. The van der Waals surface area contributed by atoms with Gasteiger partial charge in [-0.05, 0) is 25.1 Å². The van der Waals surface area contributed by atoms with Gasteiger partial charge in [-0.2, -0.15) is 0 Å². The molecule has 0 radical (unpaired) electrons. The van der Waals surface area contributed by atoms with Crippen LogP contribution in [-0.4, -0.2) is 17.9 Å². The number of hydrogen-bond acceptors (Lipinski definition) is 2. The monoisotopic (exact) mass is 296 g/mol. The van der Waals surface area contributed by atoms with Crippen LogP contribution in [0.2, 0.25) is 0 Å². The Hall–Kier alpha value is -2.20. The fourth-order valence-electron chi connectivity index (χ4n) is 2.27. The Bertz CT molecular complexity index is 790. The van der Waals surface area contributed by atoms with Gasteiger partial charge in [0.05, 0.1) is 11.1 Å². The predicted octanol–water partition coefficient (Wildman–Crippen LogP) is 3.99. The normalized spacial score (nSPS) is 10.8. The molecule has 3 aromatic rings. The minimum atomic E-state index is -0.0747. The molecule has 0 aliphatic heterocycles. The molecule has 0 atom stereocenters. The minimum absolute atomic E-state index is 0.0747. The topological polar surface area (TPSA) is 44.9 Å². The van der Waals surface area contributed by atoms with Gasteiger partial charge in [0.1, 0.15) is 0 Å². The van der Waals surface area contributed by atoms with Crippen molar-refractivity contribution in [1.82, 2.24) is 10.3 Å². The minimum Gasteiger partial charge on any atom is -0.359 e. The summed E-state index contributed by atoms with van der Waals surface area (Å²) >= 11 is 1.70. The van der Waals surface area contributed by atoms with Crippen molar-refractivity contribution >= 4 is 28.6 Å². The lowest BCUT2D eigenvalue weighted by Gasteiger charge is -2.03. The standard InChI is InChI=1S/C17H16N2OS/c1-11-6-8-12(9-7-11)21-15-10-19-16-13(15)4-3-5-14(16)17(20)18-2/h3-10,19H,1-2H3,(H,18,20). The van der Waals surface area contributed by atoms with Crippen molar-refractivity contribution in [2.24, 2.45) is 0 Å². The van der Waals surface area contributed by atoms with E-state index in [1.807, 2.05) is 24.4 Å². The Morgan fingerprint density at radius 2 is 1.90 bits per heavy atom. The van der Waals surface area contributed by atoms with E-state index in [1.54, 1.807) is 18.8 Å². The molecule has 2 N–H and O–H groups in total. The molecule has 1 heterocycles. The number of fused-ring (bicyclic) bond motifs is 1. The molecule has 2 aromatic carbocycles. The lowest BCUT2D eigenvalue weighted by atomic mass is 10.1. The molecule has 4 heteroatoms. The second-order valence-corrected chi connectivity index (χ2v) is 5.99. The first-order chi connectivity index (χ1) is 10.2. The predicted molar refractivity (Wildman–Crippen MR) is 87.0 cm³/mol. The molecular weight excluding hydrogens is 280 g/mol. The molecule has 0 saturated carbocycles. The molecule has 1 amide bonds. The first-order valence-electron chi connectivity index (χ1n) is 6.76. The SMILES string of the molecule is CNC(=O)c1cccc2c(Sc3ccc(C)cc3)c[nH]c12. The average molecular weight is 296 g/mol. The van der Waals surface area contributed by atoms with Gasteiger partial charge in [-0.3, -0.25) is 4.79 Å². The number of aromatic amines is 1. The maximum atomic E-state index is 11.9. The van der Waals surface area contributed by atoms with Crippen LogP contribution in [-0.2, 0) is 0 Å². The largest absolute Gasteiger partial charge is 0.359 e. The van der Waals surface area contributed by atoms with E-state index in [9.17, 15) is 4.79 Å². The molecule has 0 fully saturated rings. The molecular formula is C17H16N2OS. The van der Waals surface area contributed by atoms with E-state index in [-0.39, 0.29) is 5.91 Å². The number of nitrogens with one attached hydrogen (secondary N) is 2. The smallest absolute Gasteiger partial charge is 0.253 e. The van der Waals surface area contributed by atoms with E-state index in [2.05, 4.69) is 41.5 Å². The van der Waals surface area contributed by atoms with Crippen molar-refractivity contribution in [1.29, 1.82) is 0 Å². The van der Waals surface area contributed by atoms with Crippen molar-refractivity contribution in [3.8, 4) is 0 Å². The van der Waals surface area contributed by atoms with Crippen LogP contribution in [0.25, 0.3) is 10.9 Å². The summed E-state index contributed by atoms with van der Waals surface area (Å²) in [7, 11) is 1.64. The third-order valence-electron chi connectivity index (χ3n) is 3.40. The van der Waals surface area contributed by atoms with Crippen LogP contribution in [0.15, 0.2) is 58.5 Å². The van der Waals surface area contributed by atoms with Crippen LogP contribution in [0.1, 0.15) is 15.9 Å². The Labute approximate surface area is 127 Å². The number of H-pyrrole nitrogens is 1. The van der Waals surface area contributed by atoms with Crippen molar-refractivity contribution < 1.29 is 4.79 Å². The highest BCUT2D eigenvalue weighted by Crippen LogP contribution is 2.34. The van der Waals surface area contributed by atoms with Crippen molar-refractivity contribution in [2.75, 3.05) is 7.05 Å². The highest BCUT2D eigenvalue weighted by atomic mass is 32.2. The third-order valence-corrected chi connectivity index (χ3v) is 4.46. The molecule has 0 bridgehead atoms. The van der Waals surface area contributed by atoms with Gasteiger partial charge in [0.15, 0.2) is 0 Å². The second-order valence-electron chi connectivity index (χ2n) is 4.88. The van der Waals surface area contributed by atoms with Crippen LogP contribution in [0.3, 0.4) is 0 Å². The first-order valence-corrected chi connectivity index (χ1v) is 7.57. The van der Waals surface area contributed by atoms with Crippen LogP contribution in [0.4, 0.5) is 0 Å². The highest BCUT2D eigenvalue weighted by Gasteiger charge is 2.12. The van der Waals surface area contributed by atoms with E-state index in [4.69, 9.17) is 0 Å². The van der Waals surface area contributed by atoms with E-state index < -0.39 is 0 Å². The van der Waals surface area contributed by atoms with Crippen molar-refractivity contribution in [3.05, 3.63) is 59.8 Å². The third kappa shape index (κ3) is 2.67. The molecule has 0 aliphatic carbocycles. The summed E-state index contributed by atoms with van der Waals surface area (Å²) in [4.78, 5) is 17.4. The summed E-state index contributed by atoms with van der Waals surface area (Å²) in [6, 6.07) is 14.2. The number of para-hydroxylation sites is 1. The zero-order valence-electron chi connectivity index (χ0n) is 11.9.